The van der Waals surface area contributed by atoms with E-state index >= 15 is 0 Å². The maximum atomic E-state index is 11.9. The van der Waals surface area contributed by atoms with Crippen LogP contribution in [0.25, 0.3) is 0 Å². The van der Waals surface area contributed by atoms with Crippen molar-refractivity contribution in [3.63, 3.8) is 0 Å². The number of nitrogens with zero attached hydrogens (tertiary/aromatic N) is 3. The molecule has 0 aromatic carbocycles. The summed E-state index contributed by atoms with van der Waals surface area (Å²) in [6.45, 7) is 2.25. The van der Waals surface area contributed by atoms with Crippen molar-refractivity contribution < 1.29 is 9.72 Å². The standard InChI is InChI=1S/C19H33N3O3/c1-2-3-4-5-6-7-8-9-10-11-12-13-14-15-19(23)21-16-18(20-17-21)22(24)25/h16-17H,2-15H2,1H3. The lowest BCUT2D eigenvalue weighted by atomic mass is 10.0. The SMILES string of the molecule is CCCCCCCCCCCCCCCC(=O)n1cnc([N+](=O)[O-])c1. The Morgan fingerprint density at radius 2 is 1.44 bits per heavy atom. The molecule has 1 aromatic rings. The van der Waals surface area contributed by atoms with E-state index in [1.54, 1.807) is 0 Å². The number of rotatable bonds is 15. The van der Waals surface area contributed by atoms with Gasteiger partial charge in [0, 0.05) is 6.42 Å². The molecule has 0 atom stereocenters. The third kappa shape index (κ3) is 9.99. The van der Waals surface area contributed by atoms with Crippen LogP contribution in [-0.2, 0) is 0 Å². The van der Waals surface area contributed by atoms with Crippen LogP contribution in [0.5, 0.6) is 0 Å². The lowest BCUT2D eigenvalue weighted by Gasteiger charge is -2.03. The summed E-state index contributed by atoms with van der Waals surface area (Å²) in [5.74, 6) is -0.401. The van der Waals surface area contributed by atoms with Gasteiger partial charge >= 0.3 is 5.82 Å². The minimum atomic E-state index is -0.588. The summed E-state index contributed by atoms with van der Waals surface area (Å²) in [5.41, 5.74) is 0. The second-order valence-electron chi connectivity index (χ2n) is 6.78. The molecule has 1 rings (SSSR count). The van der Waals surface area contributed by atoms with Crippen molar-refractivity contribution in [2.75, 3.05) is 0 Å². The van der Waals surface area contributed by atoms with Gasteiger partial charge in [0.15, 0.2) is 0 Å². The average molecular weight is 351 g/mol. The van der Waals surface area contributed by atoms with Gasteiger partial charge in [-0.1, -0.05) is 84.0 Å². The third-order valence-corrected chi connectivity index (χ3v) is 4.54. The van der Waals surface area contributed by atoms with Crippen molar-refractivity contribution in [3.8, 4) is 0 Å². The summed E-state index contributed by atoms with van der Waals surface area (Å²) in [5, 5.41) is 10.5. The summed E-state index contributed by atoms with van der Waals surface area (Å²) >= 11 is 0. The molecule has 1 aromatic heterocycles. The number of carbonyl (C=O) groups is 1. The van der Waals surface area contributed by atoms with Gasteiger partial charge in [-0.2, -0.15) is 0 Å². The van der Waals surface area contributed by atoms with Crippen molar-refractivity contribution in [3.05, 3.63) is 22.6 Å². The van der Waals surface area contributed by atoms with Gasteiger partial charge in [-0.15, -0.1) is 0 Å². The highest BCUT2D eigenvalue weighted by molar-refractivity contribution is 5.78. The predicted molar refractivity (Wildman–Crippen MR) is 99.8 cm³/mol. The van der Waals surface area contributed by atoms with Crippen LogP contribution in [0.4, 0.5) is 5.82 Å². The molecule has 0 saturated carbocycles. The number of hydrogen-bond donors (Lipinski definition) is 0. The zero-order chi connectivity index (χ0) is 18.3. The Balaban J connectivity index is 1.91. The molecule has 6 heteroatoms. The number of aromatic nitrogens is 2. The number of hydrogen-bond acceptors (Lipinski definition) is 4. The van der Waals surface area contributed by atoms with Gasteiger partial charge < -0.3 is 10.1 Å². The van der Waals surface area contributed by atoms with E-state index in [2.05, 4.69) is 11.9 Å². The van der Waals surface area contributed by atoms with Gasteiger partial charge in [-0.3, -0.25) is 4.79 Å². The van der Waals surface area contributed by atoms with E-state index in [-0.39, 0.29) is 11.7 Å². The Morgan fingerprint density at radius 1 is 0.960 bits per heavy atom. The molecule has 0 fully saturated rings. The smallest absolute Gasteiger partial charge is 0.358 e. The molecule has 1 heterocycles. The first kappa shape index (κ1) is 21.3. The molecule has 0 saturated heterocycles. The molecular formula is C19H33N3O3. The molecule has 0 spiro atoms. The predicted octanol–water partition coefficient (Wildman–Crippen LogP) is 5.91. The zero-order valence-electron chi connectivity index (χ0n) is 15.6. The quantitative estimate of drug-likeness (QED) is 0.223. The van der Waals surface area contributed by atoms with Crippen molar-refractivity contribution >= 4 is 11.7 Å². The van der Waals surface area contributed by atoms with E-state index in [0.29, 0.717) is 6.42 Å². The van der Waals surface area contributed by atoms with Crippen LogP contribution in [0.1, 0.15) is 102 Å². The molecule has 0 amide bonds. The van der Waals surface area contributed by atoms with Gasteiger partial charge in [0.25, 0.3) is 0 Å². The van der Waals surface area contributed by atoms with E-state index in [0.717, 1.165) is 19.3 Å². The summed E-state index contributed by atoms with van der Waals surface area (Å²) in [4.78, 5) is 25.4. The molecular weight excluding hydrogens is 318 g/mol. The Hall–Kier alpha value is -1.72. The van der Waals surface area contributed by atoms with Crippen molar-refractivity contribution in [1.82, 2.24) is 9.55 Å². The van der Waals surface area contributed by atoms with E-state index < -0.39 is 4.92 Å². The largest absolute Gasteiger partial charge is 0.381 e. The normalized spacial score (nSPS) is 10.9. The molecule has 0 aliphatic rings. The van der Waals surface area contributed by atoms with Crippen LogP contribution in [0.3, 0.4) is 0 Å². The van der Waals surface area contributed by atoms with Crippen LogP contribution >= 0.6 is 0 Å². The number of imidazole rings is 1. The lowest BCUT2D eigenvalue weighted by Crippen LogP contribution is -2.07. The highest BCUT2D eigenvalue weighted by Crippen LogP contribution is 2.13. The maximum absolute atomic E-state index is 11.9. The molecule has 0 unspecified atom stereocenters. The number of unbranched alkanes of at least 4 members (excludes halogenated alkanes) is 12. The highest BCUT2D eigenvalue weighted by Gasteiger charge is 2.13. The minimum Gasteiger partial charge on any atom is -0.358 e. The molecule has 0 bridgehead atoms. The molecule has 25 heavy (non-hydrogen) atoms. The fraction of sp³-hybridized carbons (Fsp3) is 0.789. The first-order valence-corrected chi connectivity index (χ1v) is 9.86. The van der Waals surface area contributed by atoms with Gasteiger partial charge in [0.2, 0.25) is 12.2 Å². The fourth-order valence-corrected chi connectivity index (χ4v) is 2.97. The Labute approximate surface area is 151 Å². The van der Waals surface area contributed by atoms with Crippen LogP contribution in [0.15, 0.2) is 12.5 Å². The number of nitro groups is 1. The highest BCUT2D eigenvalue weighted by atomic mass is 16.6. The molecule has 142 valence electrons. The average Bonchev–Trinajstić information content (AvgIpc) is 3.09. The van der Waals surface area contributed by atoms with Crippen molar-refractivity contribution in [2.45, 2.75) is 96.8 Å². The number of carbonyl (C=O) groups excluding carboxylic acids is 1. The maximum Gasteiger partial charge on any atom is 0.381 e. The van der Waals surface area contributed by atoms with Crippen molar-refractivity contribution in [1.29, 1.82) is 0 Å². The summed E-state index contributed by atoms with van der Waals surface area (Å²) in [6.07, 6.45) is 19.3. The Morgan fingerprint density at radius 3 is 1.88 bits per heavy atom. The minimum absolute atomic E-state index is 0.122. The molecule has 0 N–H and O–H groups in total. The van der Waals surface area contributed by atoms with Gasteiger partial charge in [-0.25, -0.2) is 4.57 Å². The Bertz CT molecular complexity index is 500. The van der Waals surface area contributed by atoms with Gasteiger partial charge in [-0.05, 0) is 16.3 Å². The Kier molecular flexibility index (Phi) is 11.6. The van der Waals surface area contributed by atoms with E-state index in [4.69, 9.17) is 0 Å². The second-order valence-corrected chi connectivity index (χ2v) is 6.78. The first-order valence-electron chi connectivity index (χ1n) is 9.86. The summed E-state index contributed by atoms with van der Waals surface area (Å²) in [6, 6.07) is 0. The molecule has 0 radical (unpaired) electrons. The molecule has 0 aliphatic carbocycles. The van der Waals surface area contributed by atoms with Crippen LogP contribution in [0, 0.1) is 10.1 Å². The monoisotopic (exact) mass is 351 g/mol. The molecule has 6 nitrogen and oxygen atoms in total. The van der Waals surface area contributed by atoms with Crippen LogP contribution in [-0.4, -0.2) is 20.4 Å². The zero-order valence-corrected chi connectivity index (χ0v) is 15.6. The van der Waals surface area contributed by atoms with Crippen LogP contribution < -0.4 is 0 Å². The topological polar surface area (TPSA) is 78.0 Å². The van der Waals surface area contributed by atoms with E-state index in [1.807, 2.05) is 0 Å². The van der Waals surface area contributed by atoms with E-state index in [9.17, 15) is 14.9 Å². The second kappa shape index (κ2) is 13.6. The first-order chi connectivity index (χ1) is 12.1. The van der Waals surface area contributed by atoms with Gasteiger partial charge in [0.1, 0.15) is 6.20 Å². The van der Waals surface area contributed by atoms with Crippen molar-refractivity contribution in [2.24, 2.45) is 0 Å². The van der Waals surface area contributed by atoms with Gasteiger partial charge in [0.05, 0.1) is 0 Å². The van der Waals surface area contributed by atoms with Crippen LogP contribution in [0.2, 0.25) is 0 Å². The molecule has 0 aliphatic heterocycles. The van der Waals surface area contributed by atoms with E-state index in [1.165, 1.54) is 81.3 Å². The fourth-order valence-electron chi connectivity index (χ4n) is 2.97. The third-order valence-electron chi connectivity index (χ3n) is 4.54. The lowest BCUT2D eigenvalue weighted by molar-refractivity contribution is -0.389. The summed E-state index contributed by atoms with van der Waals surface area (Å²) in [7, 11) is 0. The summed E-state index contributed by atoms with van der Waals surface area (Å²) < 4.78 is 1.22.